The number of hydrogen-bond acceptors (Lipinski definition) is 2. The maximum absolute atomic E-state index is 12.9. The van der Waals surface area contributed by atoms with Crippen LogP contribution in [0.5, 0.6) is 0 Å². The standard InChI is InChI=1S/C15H22ClF3N2/c1-4-6-7-21(10-11(3)5-2)14-9-12(15(17,18)19)8-13(16)20-14/h8-9,11H,4-7,10H2,1-3H3. The number of anilines is 1. The maximum atomic E-state index is 12.9. The van der Waals surface area contributed by atoms with Crippen molar-refractivity contribution >= 4 is 17.4 Å². The Morgan fingerprint density at radius 1 is 1.29 bits per heavy atom. The summed E-state index contributed by atoms with van der Waals surface area (Å²) in [6, 6.07) is 1.95. The summed E-state index contributed by atoms with van der Waals surface area (Å²) in [6.07, 6.45) is -1.56. The molecule has 0 aliphatic heterocycles. The van der Waals surface area contributed by atoms with Crippen molar-refractivity contribution in [2.24, 2.45) is 5.92 Å². The first-order chi connectivity index (χ1) is 9.77. The van der Waals surface area contributed by atoms with Gasteiger partial charge in [-0.3, -0.25) is 0 Å². The number of unbranched alkanes of at least 4 members (excludes halogenated alkanes) is 1. The molecule has 0 N–H and O–H groups in total. The highest BCUT2D eigenvalue weighted by molar-refractivity contribution is 6.29. The van der Waals surface area contributed by atoms with Gasteiger partial charge < -0.3 is 4.90 Å². The van der Waals surface area contributed by atoms with Crippen LogP contribution in [0.3, 0.4) is 0 Å². The molecule has 1 atom stereocenters. The van der Waals surface area contributed by atoms with Crippen molar-refractivity contribution in [3.63, 3.8) is 0 Å². The molecular formula is C15H22ClF3N2. The zero-order valence-corrected chi connectivity index (χ0v) is 13.4. The van der Waals surface area contributed by atoms with Crippen LogP contribution in [0.1, 0.15) is 45.6 Å². The lowest BCUT2D eigenvalue weighted by Crippen LogP contribution is -2.30. The molecule has 6 heteroatoms. The molecule has 0 aliphatic carbocycles. The Kier molecular flexibility index (Phi) is 6.78. The van der Waals surface area contributed by atoms with Crippen molar-refractivity contribution < 1.29 is 13.2 Å². The predicted octanol–water partition coefficient (Wildman–Crippen LogP) is 5.41. The maximum Gasteiger partial charge on any atom is 0.416 e. The molecule has 21 heavy (non-hydrogen) atoms. The van der Waals surface area contributed by atoms with Gasteiger partial charge in [-0.25, -0.2) is 4.98 Å². The van der Waals surface area contributed by atoms with Crippen molar-refractivity contribution in [1.29, 1.82) is 0 Å². The van der Waals surface area contributed by atoms with Gasteiger partial charge in [0.15, 0.2) is 0 Å². The second-order valence-electron chi connectivity index (χ2n) is 5.35. The second-order valence-corrected chi connectivity index (χ2v) is 5.73. The molecule has 1 unspecified atom stereocenters. The average Bonchev–Trinajstić information content (AvgIpc) is 2.41. The van der Waals surface area contributed by atoms with Crippen LogP contribution in [-0.4, -0.2) is 18.1 Å². The highest BCUT2D eigenvalue weighted by atomic mass is 35.5. The predicted molar refractivity (Wildman–Crippen MR) is 80.8 cm³/mol. The van der Waals surface area contributed by atoms with Crippen molar-refractivity contribution in [1.82, 2.24) is 4.98 Å². The SMILES string of the molecule is CCCCN(CC(C)CC)c1cc(C(F)(F)F)cc(Cl)n1. The van der Waals surface area contributed by atoms with E-state index in [-0.39, 0.29) is 5.15 Å². The molecule has 0 fully saturated rings. The molecular weight excluding hydrogens is 301 g/mol. The summed E-state index contributed by atoms with van der Waals surface area (Å²) >= 11 is 5.77. The molecule has 0 radical (unpaired) electrons. The molecule has 0 saturated carbocycles. The van der Waals surface area contributed by atoms with E-state index in [1.54, 1.807) is 0 Å². The van der Waals surface area contributed by atoms with E-state index in [4.69, 9.17) is 11.6 Å². The van der Waals surface area contributed by atoms with E-state index < -0.39 is 11.7 Å². The monoisotopic (exact) mass is 322 g/mol. The second kappa shape index (κ2) is 7.87. The summed E-state index contributed by atoms with van der Waals surface area (Å²) in [4.78, 5) is 5.98. The van der Waals surface area contributed by atoms with Crippen molar-refractivity contribution in [2.75, 3.05) is 18.0 Å². The van der Waals surface area contributed by atoms with Gasteiger partial charge in [0, 0.05) is 13.1 Å². The highest BCUT2D eigenvalue weighted by Crippen LogP contribution is 2.33. The van der Waals surface area contributed by atoms with Gasteiger partial charge in [0.1, 0.15) is 11.0 Å². The van der Waals surface area contributed by atoms with Gasteiger partial charge in [0.25, 0.3) is 0 Å². The molecule has 120 valence electrons. The van der Waals surface area contributed by atoms with Gasteiger partial charge >= 0.3 is 6.18 Å². The molecule has 2 nitrogen and oxygen atoms in total. The smallest absolute Gasteiger partial charge is 0.356 e. The Balaban J connectivity index is 3.08. The van der Waals surface area contributed by atoms with Crippen LogP contribution in [0.25, 0.3) is 0 Å². The molecule has 0 saturated heterocycles. The molecule has 1 heterocycles. The molecule has 0 aromatic carbocycles. The minimum Gasteiger partial charge on any atom is -0.356 e. The largest absolute Gasteiger partial charge is 0.416 e. The fourth-order valence-corrected chi connectivity index (χ4v) is 2.17. The van der Waals surface area contributed by atoms with Gasteiger partial charge in [0.2, 0.25) is 0 Å². The molecule has 0 aliphatic rings. The van der Waals surface area contributed by atoms with Crippen LogP contribution in [-0.2, 0) is 6.18 Å². The van der Waals surface area contributed by atoms with E-state index in [1.165, 1.54) is 0 Å². The summed E-state index contributed by atoms with van der Waals surface area (Å²) < 4.78 is 38.7. The van der Waals surface area contributed by atoms with E-state index in [1.807, 2.05) is 11.8 Å². The molecule has 1 aromatic heterocycles. The minimum atomic E-state index is -4.41. The lowest BCUT2D eigenvalue weighted by Gasteiger charge is -2.27. The van der Waals surface area contributed by atoms with Crippen molar-refractivity contribution in [3.05, 3.63) is 22.8 Å². The van der Waals surface area contributed by atoms with E-state index >= 15 is 0 Å². The number of alkyl halides is 3. The Morgan fingerprint density at radius 3 is 2.48 bits per heavy atom. The number of hydrogen-bond donors (Lipinski definition) is 0. The van der Waals surface area contributed by atoms with E-state index in [0.717, 1.165) is 31.4 Å². The molecule has 0 spiro atoms. The van der Waals surface area contributed by atoms with E-state index in [0.29, 0.717) is 24.8 Å². The van der Waals surface area contributed by atoms with E-state index in [9.17, 15) is 13.2 Å². The van der Waals surface area contributed by atoms with Crippen LogP contribution in [0.4, 0.5) is 19.0 Å². The quantitative estimate of drug-likeness (QED) is 0.624. The number of rotatable bonds is 7. The Hall–Kier alpha value is -0.970. The number of halogens is 4. The number of pyridine rings is 1. The van der Waals surface area contributed by atoms with Crippen molar-refractivity contribution in [2.45, 2.75) is 46.2 Å². The first kappa shape index (κ1) is 18.1. The van der Waals surface area contributed by atoms with Crippen LogP contribution >= 0.6 is 11.6 Å². The summed E-state index contributed by atoms with van der Waals surface area (Å²) in [7, 11) is 0. The third-order valence-electron chi connectivity index (χ3n) is 3.44. The Bertz CT molecular complexity index is 449. The Labute approximate surface area is 129 Å². The third kappa shape index (κ3) is 5.73. The van der Waals surface area contributed by atoms with Gasteiger partial charge in [0.05, 0.1) is 5.56 Å². The van der Waals surface area contributed by atoms with Crippen LogP contribution in [0.2, 0.25) is 5.15 Å². The first-order valence-corrected chi connectivity index (χ1v) is 7.65. The fourth-order valence-electron chi connectivity index (χ4n) is 1.96. The fraction of sp³-hybridized carbons (Fsp3) is 0.667. The zero-order valence-electron chi connectivity index (χ0n) is 12.7. The van der Waals surface area contributed by atoms with E-state index in [2.05, 4.69) is 18.8 Å². The Morgan fingerprint density at radius 2 is 1.95 bits per heavy atom. The third-order valence-corrected chi connectivity index (χ3v) is 3.64. The molecule has 0 amide bonds. The van der Waals surface area contributed by atoms with Crippen molar-refractivity contribution in [3.8, 4) is 0 Å². The topological polar surface area (TPSA) is 16.1 Å². The lowest BCUT2D eigenvalue weighted by atomic mass is 10.1. The van der Waals surface area contributed by atoms with Crippen LogP contribution < -0.4 is 4.90 Å². The number of nitrogens with zero attached hydrogens (tertiary/aromatic N) is 2. The highest BCUT2D eigenvalue weighted by Gasteiger charge is 2.32. The summed E-state index contributed by atoms with van der Waals surface area (Å²) in [5.74, 6) is 0.695. The normalized spacial score (nSPS) is 13.3. The van der Waals surface area contributed by atoms with Gasteiger partial charge in [-0.15, -0.1) is 0 Å². The first-order valence-electron chi connectivity index (χ1n) is 7.27. The van der Waals surface area contributed by atoms with Crippen LogP contribution in [0, 0.1) is 5.92 Å². The lowest BCUT2D eigenvalue weighted by molar-refractivity contribution is -0.137. The summed E-state index contributed by atoms with van der Waals surface area (Å²) in [5.41, 5.74) is -0.747. The number of aromatic nitrogens is 1. The van der Waals surface area contributed by atoms with Gasteiger partial charge in [-0.2, -0.15) is 13.2 Å². The molecule has 1 rings (SSSR count). The minimum absolute atomic E-state index is 0.120. The molecule has 1 aromatic rings. The zero-order chi connectivity index (χ0) is 16.0. The summed E-state index contributed by atoms with van der Waals surface area (Å²) in [5, 5.41) is -0.120. The van der Waals surface area contributed by atoms with Crippen LogP contribution in [0.15, 0.2) is 12.1 Å². The van der Waals surface area contributed by atoms with Gasteiger partial charge in [-0.05, 0) is 24.5 Å². The summed E-state index contributed by atoms with van der Waals surface area (Å²) in [6.45, 7) is 7.56. The van der Waals surface area contributed by atoms with Gasteiger partial charge in [-0.1, -0.05) is 45.2 Å². The average molecular weight is 323 g/mol. The molecule has 0 bridgehead atoms.